The molecule has 0 bridgehead atoms. The Labute approximate surface area is 228 Å². The molecule has 0 aromatic heterocycles. The standard InChI is InChI=1S/C36H27BF2/c1-37(2)32-7-3-5-26(23-32)27-13-18-36-28(19-27)6-4-8-35(36)31-21-29(24-9-14-33(38)15-10-24)20-30(22-31)25-11-16-34(39)17-12-25/h3-23H,1-2H3. The molecule has 0 unspecified atom stereocenters. The maximum Gasteiger partial charge on any atom is 0.169 e. The zero-order valence-corrected chi connectivity index (χ0v) is 22.0. The molecule has 0 N–H and O–H groups in total. The smallest absolute Gasteiger partial charge is 0.169 e. The van der Waals surface area contributed by atoms with Gasteiger partial charge in [-0.25, -0.2) is 8.78 Å². The van der Waals surface area contributed by atoms with E-state index in [2.05, 4.69) is 92.5 Å². The van der Waals surface area contributed by atoms with Crippen LogP contribution in [-0.2, 0) is 0 Å². The SMILES string of the molecule is CB(C)c1cccc(-c2ccc3c(-c4cc(-c5ccc(F)cc5)cc(-c5ccc(F)cc5)c4)cccc3c2)c1. The lowest BCUT2D eigenvalue weighted by atomic mass is 9.49. The fourth-order valence-corrected chi connectivity index (χ4v) is 5.19. The number of hydrogen-bond donors (Lipinski definition) is 0. The minimum Gasteiger partial charge on any atom is -0.207 e. The molecule has 0 aliphatic heterocycles. The molecule has 0 aliphatic carbocycles. The van der Waals surface area contributed by atoms with Crippen LogP contribution in [0.4, 0.5) is 8.78 Å². The molecular formula is C36H27BF2. The van der Waals surface area contributed by atoms with Crippen molar-refractivity contribution in [2.24, 2.45) is 0 Å². The third-order valence-corrected chi connectivity index (χ3v) is 7.37. The summed E-state index contributed by atoms with van der Waals surface area (Å²) in [5.41, 5.74) is 9.70. The van der Waals surface area contributed by atoms with Crippen molar-refractivity contribution in [1.29, 1.82) is 0 Å². The number of halogens is 2. The predicted molar refractivity (Wildman–Crippen MR) is 163 cm³/mol. The Bertz CT molecular complexity index is 1720. The zero-order valence-electron chi connectivity index (χ0n) is 22.0. The van der Waals surface area contributed by atoms with Crippen LogP contribution in [0.1, 0.15) is 0 Å². The average Bonchev–Trinajstić information content (AvgIpc) is 2.97. The average molecular weight is 508 g/mol. The van der Waals surface area contributed by atoms with E-state index in [1.807, 2.05) is 0 Å². The van der Waals surface area contributed by atoms with Crippen molar-refractivity contribution in [3.05, 3.63) is 139 Å². The Morgan fingerprint density at radius 1 is 0.436 bits per heavy atom. The van der Waals surface area contributed by atoms with Crippen molar-refractivity contribution in [3.63, 3.8) is 0 Å². The Kier molecular flexibility index (Phi) is 6.58. The topological polar surface area (TPSA) is 0 Å². The van der Waals surface area contributed by atoms with Gasteiger partial charge in [0, 0.05) is 0 Å². The van der Waals surface area contributed by atoms with Crippen molar-refractivity contribution in [2.45, 2.75) is 13.6 Å². The first kappa shape index (κ1) is 24.8. The quantitative estimate of drug-likeness (QED) is 0.203. The Morgan fingerprint density at radius 2 is 0.974 bits per heavy atom. The molecule has 0 heterocycles. The molecule has 0 saturated heterocycles. The number of rotatable bonds is 5. The van der Waals surface area contributed by atoms with Crippen molar-refractivity contribution >= 4 is 22.9 Å². The maximum absolute atomic E-state index is 13.7. The lowest BCUT2D eigenvalue weighted by Gasteiger charge is -2.14. The summed E-state index contributed by atoms with van der Waals surface area (Å²) in [6.45, 7) is 4.90. The summed E-state index contributed by atoms with van der Waals surface area (Å²) in [5.74, 6) is -0.532. The fraction of sp³-hybridized carbons (Fsp3) is 0.0556. The molecule has 6 aromatic carbocycles. The molecule has 0 fully saturated rings. The highest BCUT2D eigenvalue weighted by Gasteiger charge is 2.12. The molecule has 188 valence electrons. The van der Waals surface area contributed by atoms with Crippen LogP contribution in [-0.4, -0.2) is 6.71 Å². The summed E-state index contributed by atoms with van der Waals surface area (Å²) in [5, 5.41) is 2.32. The molecule has 6 rings (SSSR count). The van der Waals surface area contributed by atoms with Gasteiger partial charge in [0.25, 0.3) is 0 Å². The monoisotopic (exact) mass is 508 g/mol. The fourth-order valence-electron chi connectivity index (χ4n) is 5.19. The molecule has 0 saturated carbocycles. The second-order valence-corrected chi connectivity index (χ2v) is 10.3. The van der Waals surface area contributed by atoms with E-state index in [9.17, 15) is 8.78 Å². The van der Waals surface area contributed by atoms with Gasteiger partial charge >= 0.3 is 0 Å². The van der Waals surface area contributed by atoms with E-state index in [4.69, 9.17) is 0 Å². The van der Waals surface area contributed by atoms with E-state index < -0.39 is 0 Å². The second-order valence-electron chi connectivity index (χ2n) is 10.3. The summed E-state index contributed by atoms with van der Waals surface area (Å²) in [6, 6.07) is 41.2. The van der Waals surface area contributed by atoms with E-state index in [0.29, 0.717) is 6.71 Å². The first-order chi connectivity index (χ1) is 18.9. The molecule has 0 atom stereocenters. The molecule has 0 radical (unpaired) electrons. The normalized spacial score (nSPS) is 11.1. The number of hydrogen-bond acceptors (Lipinski definition) is 0. The Morgan fingerprint density at radius 3 is 1.59 bits per heavy atom. The third kappa shape index (κ3) is 5.13. The van der Waals surface area contributed by atoms with Gasteiger partial charge in [0.15, 0.2) is 6.71 Å². The van der Waals surface area contributed by atoms with E-state index in [1.54, 1.807) is 24.3 Å². The van der Waals surface area contributed by atoms with Crippen LogP contribution in [0.25, 0.3) is 55.3 Å². The highest BCUT2D eigenvalue weighted by Crippen LogP contribution is 2.37. The largest absolute Gasteiger partial charge is 0.207 e. The maximum atomic E-state index is 13.7. The van der Waals surface area contributed by atoms with Crippen LogP contribution < -0.4 is 5.46 Å². The minimum atomic E-state index is -0.266. The van der Waals surface area contributed by atoms with E-state index in [1.165, 1.54) is 40.9 Å². The number of benzene rings is 6. The molecule has 0 spiro atoms. The van der Waals surface area contributed by atoms with Crippen molar-refractivity contribution in [3.8, 4) is 44.5 Å². The summed E-state index contributed by atoms with van der Waals surface area (Å²) in [4.78, 5) is 0. The van der Waals surface area contributed by atoms with E-state index in [0.717, 1.165) is 44.2 Å². The van der Waals surface area contributed by atoms with Gasteiger partial charge in [0.05, 0.1) is 0 Å². The van der Waals surface area contributed by atoms with Crippen LogP contribution in [0, 0.1) is 11.6 Å². The van der Waals surface area contributed by atoms with Gasteiger partial charge in [0.2, 0.25) is 0 Å². The van der Waals surface area contributed by atoms with Gasteiger partial charge in [-0.1, -0.05) is 98.0 Å². The van der Waals surface area contributed by atoms with Crippen LogP contribution in [0.2, 0.25) is 13.6 Å². The van der Waals surface area contributed by atoms with Gasteiger partial charge in [-0.05, 0) is 104 Å². The Balaban J connectivity index is 1.50. The highest BCUT2D eigenvalue weighted by molar-refractivity contribution is 6.70. The molecule has 6 aromatic rings. The summed E-state index contributed by atoms with van der Waals surface area (Å²) in [6.07, 6.45) is 0. The molecular weight excluding hydrogens is 481 g/mol. The minimum absolute atomic E-state index is 0.266. The van der Waals surface area contributed by atoms with Gasteiger partial charge in [-0.3, -0.25) is 0 Å². The van der Waals surface area contributed by atoms with Gasteiger partial charge in [-0.2, -0.15) is 0 Å². The van der Waals surface area contributed by atoms with Gasteiger partial charge in [-0.15, -0.1) is 0 Å². The zero-order chi connectivity index (χ0) is 26.9. The Hall–Kier alpha value is -4.50. The van der Waals surface area contributed by atoms with Crippen LogP contribution >= 0.6 is 0 Å². The number of fused-ring (bicyclic) bond motifs is 1. The van der Waals surface area contributed by atoms with Crippen molar-refractivity contribution in [1.82, 2.24) is 0 Å². The van der Waals surface area contributed by atoms with E-state index >= 15 is 0 Å². The summed E-state index contributed by atoms with van der Waals surface area (Å²) >= 11 is 0. The van der Waals surface area contributed by atoms with Crippen LogP contribution in [0.3, 0.4) is 0 Å². The predicted octanol–water partition coefficient (Wildman–Crippen LogP) is 9.75. The molecule has 0 nitrogen and oxygen atoms in total. The van der Waals surface area contributed by atoms with Gasteiger partial charge < -0.3 is 0 Å². The summed E-state index contributed by atoms with van der Waals surface area (Å²) < 4.78 is 27.4. The first-order valence-electron chi connectivity index (χ1n) is 13.2. The molecule has 0 amide bonds. The molecule has 39 heavy (non-hydrogen) atoms. The lowest BCUT2D eigenvalue weighted by molar-refractivity contribution is 0.627. The van der Waals surface area contributed by atoms with Crippen LogP contribution in [0.5, 0.6) is 0 Å². The first-order valence-corrected chi connectivity index (χ1v) is 13.2. The lowest BCUT2D eigenvalue weighted by Crippen LogP contribution is -2.21. The van der Waals surface area contributed by atoms with Crippen LogP contribution in [0.15, 0.2) is 127 Å². The molecule has 3 heteroatoms. The summed E-state index contributed by atoms with van der Waals surface area (Å²) in [7, 11) is 0. The second kappa shape index (κ2) is 10.3. The van der Waals surface area contributed by atoms with Crippen molar-refractivity contribution in [2.75, 3.05) is 0 Å². The van der Waals surface area contributed by atoms with E-state index in [-0.39, 0.29) is 11.6 Å². The van der Waals surface area contributed by atoms with Gasteiger partial charge in [0.1, 0.15) is 11.6 Å². The highest BCUT2D eigenvalue weighted by atomic mass is 19.1. The third-order valence-electron chi connectivity index (χ3n) is 7.37. The molecule has 0 aliphatic rings. The van der Waals surface area contributed by atoms with Crippen molar-refractivity contribution < 1.29 is 8.78 Å².